The maximum absolute atomic E-state index is 12.4. The summed E-state index contributed by atoms with van der Waals surface area (Å²) in [4.78, 5) is 18.0. The lowest BCUT2D eigenvalue weighted by atomic mass is 10.2. The molecule has 1 aromatic heterocycles. The summed E-state index contributed by atoms with van der Waals surface area (Å²) in [6.45, 7) is 1.21. The van der Waals surface area contributed by atoms with E-state index in [0.29, 0.717) is 31.1 Å². The molecule has 1 atom stereocenters. The minimum Gasteiger partial charge on any atom is -0.394 e. The van der Waals surface area contributed by atoms with Gasteiger partial charge < -0.3 is 20.1 Å². The van der Waals surface area contributed by atoms with Gasteiger partial charge >= 0.3 is 0 Å². The summed E-state index contributed by atoms with van der Waals surface area (Å²) in [5, 5.41) is 12.2. The lowest BCUT2D eigenvalue weighted by molar-refractivity contribution is -0.0447. The summed E-state index contributed by atoms with van der Waals surface area (Å²) < 4.78 is 5.32. The highest BCUT2D eigenvalue weighted by Crippen LogP contribution is 2.17. The van der Waals surface area contributed by atoms with E-state index in [1.807, 2.05) is 0 Å². The van der Waals surface area contributed by atoms with Crippen LogP contribution in [0, 0.1) is 0 Å². The number of amides is 1. The minimum absolute atomic E-state index is 0.0946. The van der Waals surface area contributed by atoms with E-state index in [1.54, 1.807) is 18.0 Å². The molecule has 1 amide bonds. The largest absolute Gasteiger partial charge is 0.394 e. The summed E-state index contributed by atoms with van der Waals surface area (Å²) in [6.07, 6.45) is -0.321. The smallest absolute Gasteiger partial charge is 0.254 e. The summed E-state index contributed by atoms with van der Waals surface area (Å²) in [7, 11) is 1.71. The first-order chi connectivity index (χ1) is 9.13. The first kappa shape index (κ1) is 14.0. The molecular formula is C12H16ClN3O3. The fourth-order valence-electron chi connectivity index (χ4n) is 1.95. The Morgan fingerprint density at radius 2 is 2.47 bits per heavy atom. The van der Waals surface area contributed by atoms with E-state index >= 15 is 0 Å². The van der Waals surface area contributed by atoms with Gasteiger partial charge in [0, 0.05) is 25.7 Å². The number of ether oxygens (including phenoxy) is 1. The van der Waals surface area contributed by atoms with Crippen molar-refractivity contribution in [2.75, 3.05) is 38.7 Å². The predicted molar refractivity (Wildman–Crippen MR) is 71.5 cm³/mol. The number of carbonyl (C=O) groups excluding carboxylic acids is 1. The molecule has 0 radical (unpaired) electrons. The topological polar surface area (TPSA) is 74.7 Å². The molecule has 2 heterocycles. The van der Waals surface area contributed by atoms with Gasteiger partial charge in [0.2, 0.25) is 0 Å². The zero-order valence-electron chi connectivity index (χ0n) is 10.6. The van der Waals surface area contributed by atoms with Gasteiger partial charge in [0.1, 0.15) is 11.0 Å². The average molecular weight is 286 g/mol. The van der Waals surface area contributed by atoms with E-state index in [9.17, 15) is 4.79 Å². The van der Waals surface area contributed by atoms with Crippen molar-refractivity contribution in [3.05, 3.63) is 22.8 Å². The number of aliphatic hydroxyl groups is 1. The molecule has 1 aromatic rings. The third-order valence-electron chi connectivity index (χ3n) is 2.93. The number of rotatable bonds is 3. The van der Waals surface area contributed by atoms with Crippen molar-refractivity contribution in [3.63, 3.8) is 0 Å². The van der Waals surface area contributed by atoms with E-state index in [2.05, 4.69) is 10.3 Å². The SMILES string of the molecule is CNc1cc(C(=O)N2CCOC(CO)C2)cc(Cl)n1. The molecule has 104 valence electrons. The maximum Gasteiger partial charge on any atom is 0.254 e. The summed E-state index contributed by atoms with van der Waals surface area (Å²) in [5.74, 6) is 0.408. The Labute approximate surface area is 116 Å². The van der Waals surface area contributed by atoms with Gasteiger partial charge in [-0.05, 0) is 12.1 Å². The number of aliphatic hydroxyl groups excluding tert-OH is 1. The average Bonchev–Trinajstić information content (AvgIpc) is 2.45. The van der Waals surface area contributed by atoms with Gasteiger partial charge in [-0.15, -0.1) is 0 Å². The van der Waals surface area contributed by atoms with Crippen LogP contribution in [0.15, 0.2) is 12.1 Å². The molecule has 1 unspecified atom stereocenters. The van der Waals surface area contributed by atoms with Crippen LogP contribution in [0.25, 0.3) is 0 Å². The molecule has 0 bridgehead atoms. The molecule has 2 N–H and O–H groups in total. The van der Waals surface area contributed by atoms with Crippen LogP contribution >= 0.6 is 11.6 Å². The molecule has 19 heavy (non-hydrogen) atoms. The highest BCUT2D eigenvalue weighted by atomic mass is 35.5. The van der Waals surface area contributed by atoms with Crippen LogP contribution in [0.2, 0.25) is 5.15 Å². The van der Waals surface area contributed by atoms with E-state index < -0.39 is 0 Å². The minimum atomic E-state index is -0.321. The van der Waals surface area contributed by atoms with Crippen LogP contribution in [-0.4, -0.2) is 60.4 Å². The summed E-state index contributed by atoms with van der Waals surface area (Å²) in [5.41, 5.74) is 0.475. The Bertz CT molecular complexity index is 470. The van der Waals surface area contributed by atoms with Crippen LogP contribution in [0.5, 0.6) is 0 Å². The highest BCUT2D eigenvalue weighted by Gasteiger charge is 2.25. The molecule has 0 saturated carbocycles. The molecule has 7 heteroatoms. The van der Waals surface area contributed by atoms with Crippen LogP contribution in [0.1, 0.15) is 10.4 Å². The van der Waals surface area contributed by atoms with Gasteiger partial charge in [0.25, 0.3) is 5.91 Å². The van der Waals surface area contributed by atoms with Crippen molar-refractivity contribution in [1.29, 1.82) is 0 Å². The van der Waals surface area contributed by atoms with Crippen molar-refractivity contribution in [1.82, 2.24) is 9.88 Å². The third kappa shape index (κ3) is 3.34. The van der Waals surface area contributed by atoms with Crippen molar-refractivity contribution in [3.8, 4) is 0 Å². The second kappa shape index (κ2) is 6.18. The number of hydrogen-bond donors (Lipinski definition) is 2. The van der Waals surface area contributed by atoms with E-state index in [-0.39, 0.29) is 23.8 Å². The number of carbonyl (C=O) groups is 1. The molecule has 1 saturated heterocycles. The van der Waals surface area contributed by atoms with Crippen molar-refractivity contribution in [2.24, 2.45) is 0 Å². The standard InChI is InChI=1S/C12H16ClN3O3/c1-14-11-5-8(4-10(13)15-11)12(18)16-2-3-19-9(6-16)7-17/h4-5,9,17H,2-3,6-7H2,1H3,(H,14,15). The molecule has 0 aromatic carbocycles. The normalized spacial score (nSPS) is 19.3. The zero-order valence-corrected chi connectivity index (χ0v) is 11.4. The maximum atomic E-state index is 12.4. The zero-order chi connectivity index (χ0) is 13.8. The first-order valence-electron chi connectivity index (χ1n) is 6.01. The summed E-state index contributed by atoms with van der Waals surface area (Å²) in [6, 6.07) is 3.19. The van der Waals surface area contributed by atoms with Crippen molar-refractivity contribution >= 4 is 23.3 Å². The van der Waals surface area contributed by atoms with Gasteiger partial charge in [-0.25, -0.2) is 4.98 Å². The molecule has 0 aliphatic carbocycles. The molecule has 2 rings (SSSR count). The Kier molecular flexibility index (Phi) is 4.57. The fourth-order valence-corrected chi connectivity index (χ4v) is 2.15. The number of halogens is 1. The Morgan fingerprint density at radius 3 is 3.16 bits per heavy atom. The molecule has 6 nitrogen and oxygen atoms in total. The second-order valence-corrected chi connectivity index (χ2v) is 4.63. The number of aromatic nitrogens is 1. The van der Waals surface area contributed by atoms with Crippen LogP contribution in [0.3, 0.4) is 0 Å². The van der Waals surface area contributed by atoms with Crippen molar-refractivity contribution in [2.45, 2.75) is 6.10 Å². The molecule has 0 spiro atoms. The number of pyridine rings is 1. The lowest BCUT2D eigenvalue weighted by Crippen LogP contribution is -2.46. The van der Waals surface area contributed by atoms with Gasteiger partial charge in [-0.3, -0.25) is 4.79 Å². The molecule has 1 aliphatic heterocycles. The van der Waals surface area contributed by atoms with Gasteiger partial charge in [-0.1, -0.05) is 11.6 Å². The first-order valence-corrected chi connectivity index (χ1v) is 6.39. The third-order valence-corrected chi connectivity index (χ3v) is 3.12. The van der Waals surface area contributed by atoms with Crippen LogP contribution < -0.4 is 5.32 Å². The van der Waals surface area contributed by atoms with Gasteiger partial charge in [0.15, 0.2) is 0 Å². The second-order valence-electron chi connectivity index (χ2n) is 4.24. The number of hydrogen-bond acceptors (Lipinski definition) is 5. The molecular weight excluding hydrogens is 270 g/mol. The Morgan fingerprint density at radius 1 is 1.68 bits per heavy atom. The van der Waals surface area contributed by atoms with Crippen LogP contribution in [-0.2, 0) is 4.74 Å². The molecule has 1 aliphatic rings. The summed E-state index contributed by atoms with van der Waals surface area (Å²) >= 11 is 5.88. The van der Waals surface area contributed by atoms with Crippen LogP contribution in [0.4, 0.5) is 5.82 Å². The number of anilines is 1. The quantitative estimate of drug-likeness (QED) is 0.796. The van der Waals surface area contributed by atoms with E-state index in [1.165, 1.54) is 6.07 Å². The number of nitrogens with one attached hydrogen (secondary N) is 1. The monoisotopic (exact) mass is 285 g/mol. The predicted octanol–water partition coefficient (Wildman–Crippen LogP) is 0.610. The Balaban J connectivity index is 2.16. The highest BCUT2D eigenvalue weighted by molar-refractivity contribution is 6.29. The Hall–Kier alpha value is -1.37. The van der Waals surface area contributed by atoms with E-state index in [0.717, 1.165) is 0 Å². The fraction of sp³-hybridized carbons (Fsp3) is 0.500. The number of nitrogens with zero attached hydrogens (tertiary/aromatic N) is 2. The van der Waals surface area contributed by atoms with Gasteiger partial charge in [0.05, 0.1) is 19.3 Å². The molecule has 1 fully saturated rings. The van der Waals surface area contributed by atoms with E-state index in [4.69, 9.17) is 21.4 Å². The van der Waals surface area contributed by atoms with Crippen molar-refractivity contribution < 1.29 is 14.6 Å². The lowest BCUT2D eigenvalue weighted by Gasteiger charge is -2.32. The number of morpholine rings is 1. The van der Waals surface area contributed by atoms with Gasteiger partial charge in [-0.2, -0.15) is 0 Å².